The van der Waals surface area contributed by atoms with Crippen molar-refractivity contribution < 1.29 is 19.0 Å². The Labute approximate surface area is 178 Å². The Morgan fingerprint density at radius 2 is 1.65 bits per heavy atom. The van der Waals surface area contributed by atoms with E-state index in [1.54, 1.807) is 36.4 Å². The molecular formula is C25H19FN2O3. The predicted molar refractivity (Wildman–Crippen MR) is 118 cm³/mol. The Balaban J connectivity index is 1.45. The number of rotatable bonds is 6. The summed E-state index contributed by atoms with van der Waals surface area (Å²) in [5.41, 5.74) is 4.06. The van der Waals surface area contributed by atoms with Crippen molar-refractivity contribution in [1.29, 1.82) is 0 Å². The Bertz CT molecular complexity index is 1250. The van der Waals surface area contributed by atoms with Crippen LogP contribution in [0.4, 0.5) is 4.39 Å². The molecule has 4 rings (SSSR count). The minimum Gasteiger partial charge on any atom is -0.507 e. The number of phenolic OH excluding ortho intramolecular Hbond substituents is 1. The average molecular weight is 414 g/mol. The number of hydrogen-bond donors (Lipinski definition) is 2. The van der Waals surface area contributed by atoms with E-state index in [4.69, 9.17) is 4.74 Å². The van der Waals surface area contributed by atoms with Crippen molar-refractivity contribution in [1.82, 2.24) is 5.43 Å². The lowest BCUT2D eigenvalue weighted by atomic mass is 10.1. The van der Waals surface area contributed by atoms with Crippen LogP contribution < -0.4 is 10.2 Å². The third kappa shape index (κ3) is 4.87. The van der Waals surface area contributed by atoms with Crippen LogP contribution in [0, 0.1) is 5.82 Å². The van der Waals surface area contributed by atoms with Crippen molar-refractivity contribution in [2.75, 3.05) is 0 Å². The molecule has 0 radical (unpaired) electrons. The molecule has 0 bridgehead atoms. The lowest BCUT2D eigenvalue weighted by Crippen LogP contribution is -2.17. The van der Waals surface area contributed by atoms with Crippen molar-refractivity contribution in [3.05, 3.63) is 107 Å². The van der Waals surface area contributed by atoms with Crippen LogP contribution in [0.15, 0.2) is 90.0 Å². The highest BCUT2D eigenvalue weighted by molar-refractivity contribution is 6.01. The summed E-state index contributed by atoms with van der Waals surface area (Å²) in [5.74, 6) is -0.374. The second kappa shape index (κ2) is 9.09. The van der Waals surface area contributed by atoms with Gasteiger partial charge in [0.1, 0.15) is 23.9 Å². The van der Waals surface area contributed by atoms with Gasteiger partial charge in [0, 0.05) is 5.56 Å². The first-order chi connectivity index (χ1) is 15.1. The van der Waals surface area contributed by atoms with E-state index in [1.807, 2.05) is 36.4 Å². The number of halogens is 1. The molecule has 0 aliphatic rings. The van der Waals surface area contributed by atoms with Crippen LogP contribution in [0.1, 0.15) is 21.5 Å². The molecule has 0 saturated carbocycles. The summed E-state index contributed by atoms with van der Waals surface area (Å²) in [4.78, 5) is 12.5. The van der Waals surface area contributed by atoms with Crippen LogP contribution in [0.5, 0.6) is 11.5 Å². The van der Waals surface area contributed by atoms with Gasteiger partial charge < -0.3 is 9.84 Å². The average Bonchev–Trinajstić information content (AvgIpc) is 2.79. The molecule has 0 aliphatic carbocycles. The van der Waals surface area contributed by atoms with Gasteiger partial charge in [0.25, 0.3) is 5.91 Å². The molecule has 0 heterocycles. The van der Waals surface area contributed by atoms with Crippen LogP contribution in [0.25, 0.3) is 10.8 Å². The molecule has 31 heavy (non-hydrogen) atoms. The fraction of sp³-hybridized carbons (Fsp3) is 0.0400. The second-order valence-corrected chi connectivity index (χ2v) is 6.87. The van der Waals surface area contributed by atoms with E-state index in [0.717, 1.165) is 16.3 Å². The van der Waals surface area contributed by atoms with E-state index in [9.17, 15) is 14.3 Å². The van der Waals surface area contributed by atoms with Crippen molar-refractivity contribution >= 4 is 22.9 Å². The number of nitrogens with zero attached hydrogens (tertiary/aromatic N) is 1. The first kappa shape index (κ1) is 20.1. The van der Waals surface area contributed by atoms with Crippen LogP contribution in [-0.4, -0.2) is 17.2 Å². The number of ether oxygens (including phenoxy) is 1. The lowest BCUT2D eigenvalue weighted by molar-refractivity contribution is 0.0952. The maximum atomic E-state index is 13.0. The summed E-state index contributed by atoms with van der Waals surface area (Å²) in [5, 5.41) is 15.9. The van der Waals surface area contributed by atoms with Gasteiger partial charge in [-0.1, -0.05) is 48.5 Å². The number of benzene rings is 4. The zero-order valence-electron chi connectivity index (χ0n) is 16.5. The van der Waals surface area contributed by atoms with Gasteiger partial charge in [-0.05, 0) is 52.7 Å². The topological polar surface area (TPSA) is 70.9 Å². The molecule has 1 amide bonds. The number of hydrazone groups is 1. The first-order valence-corrected chi connectivity index (χ1v) is 9.61. The zero-order chi connectivity index (χ0) is 21.6. The molecule has 5 nitrogen and oxygen atoms in total. The number of amides is 1. The van der Waals surface area contributed by atoms with Gasteiger partial charge in [0.15, 0.2) is 0 Å². The molecular weight excluding hydrogens is 395 g/mol. The van der Waals surface area contributed by atoms with E-state index in [2.05, 4.69) is 10.5 Å². The van der Waals surface area contributed by atoms with Crippen LogP contribution >= 0.6 is 0 Å². The highest BCUT2D eigenvalue weighted by atomic mass is 19.1. The SMILES string of the molecule is O=C(N/N=C/c1ccccc1OCc1ccc(F)cc1)c1cc2ccccc2cc1O. The zero-order valence-corrected chi connectivity index (χ0v) is 16.5. The van der Waals surface area contributed by atoms with Crippen molar-refractivity contribution in [3.8, 4) is 11.5 Å². The fourth-order valence-corrected chi connectivity index (χ4v) is 3.09. The van der Waals surface area contributed by atoms with Crippen molar-refractivity contribution in [3.63, 3.8) is 0 Å². The third-order valence-corrected chi connectivity index (χ3v) is 4.70. The quantitative estimate of drug-likeness (QED) is 0.343. The number of aromatic hydroxyl groups is 1. The van der Waals surface area contributed by atoms with Gasteiger partial charge >= 0.3 is 0 Å². The van der Waals surface area contributed by atoms with Crippen LogP contribution in [0.2, 0.25) is 0 Å². The van der Waals surface area contributed by atoms with Gasteiger partial charge in [-0.25, -0.2) is 9.82 Å². The molecule has 4 aromatic carbocycles. The highest BCUT2D eigenvalue weighted by Crippen LogP contribution is 2.25. The molecule has 4 aromatic rings. The maximum Gasteiger partial charge on any atom is 0.275 e. The highest BCUT2D eigenvalue weighted by Gasteiger charge is 2.12. The molecule has 0 aromatic heterocycles. The van der Waals surface area contributed by atoms with E-state index in [-0.39, 0.29) is 23.7 Å². The number of phenols is 1. The van der Waals surface area contributed by atoms with Gasteiger partial charge in [-0.3, -0.25) is 4.79 Å². The van der Waals surface area contributed by atoms with Gasteiger partial charge in [0.05, 0.1) is 11.8 Å². The normalized spacial score (nSPS) is 11.0. The van der Waals surface area contributed by atoms with E-state index in [1.165, 1.54) is 18.3 Å². The molecule has 0 unspecified atom stereocenters. The Hall–Kier alpha value is -4.19. The minimum atomic E-state index is -0.524. The number of carbonyl (C=O) groups excluding carboxylic acids is 1. The summed E-state index contributed by atoms with van der Waals surface area (Å²) >= 11 is 0. The Kier molecular flexibility index (Phi) is 5.89. The van der Waals surface area contributed by atoms with E-state index >= 15 is 0 Å². The number of nitrogens with one attached hydrogen (secondary N) is 1. The molecule has 0 atom stereocenters. The molecule has 2 N–H and O–H groups in total. The minimum absolute atomic E-state index is 0.116. The van der Waals surface area contributed by atoms with Gasteiger partial charge in [-0.15, -0.1) is 0 Å². The number of fused-ring (bicyclic) bond motifs is 1. The summed E-state index contributed by atoms with van der Waals surface area (Å²) < 4.78 is 18.8. The fourth-order valence-electron chi connectivity index (χ4n) is 3.09. The standard InChI is InChI=1S/C25H19FN2O3/c26-21-11-9-17(10-12-21)16-31-24-8-4-3-7-20(24)15-27-28-25(30)22-13-18-5-1-2-6-19(18)14-23(22)29/h1-15,29H,16H2,(H,28,30)/b27-15+. The maximum absolute atomic E-state index is 13.0. The Morgan fingerprint density at radius 3 is 2.42 bits per heavy atom. The number of para-hydroxylation sites is 1. The molecule has 6 heteroatoms. The first-order valence-electron chi connectivity index (χ1n) is 9.61. The molecule has 0 aliphatic heterocycles. The van der Waals surface area contributed by atoms with E-state index in [0.29, 0.717) is 11.3 Å². The second-order valence-electron chi connectivity index (χ2n) is 6.87. The van der Waals surface area contributed by atoms with Crippen LogP contribution in [0.3, 0.4) is 0 Å². The van der Waals surface area contributed by atoms with E-state index < -0.39 is 5.91 Å². The number of hydrogen-bond acceptors (Lipinski definition) is 4. The summed E-state index contributed by atoms with van der Waals surface area (Å²) in [7, 11) is 0. The molecule has 0 fully saturated rings. The Morgan fingerprint density at radius 1 is 0.968 bits per heavy atom. The van der Waals surface area contributed by atoms with Gasteiger partial charge in [-0.2, -0.15) is 5.10 Å². The third-order valence-electron chi connectivity index (χ3n) is 4.70. The summed E-state index contributed by atoms with van der Waals surface area (Å²) in [6.07, 6.45) is 1.47. The molecule has 154 valence electrons. The summed E-state index contributed by atoms with van der Waals surface area (Å²) in [6, 6.07) is 23.9. The number of carbonyl (C=O) groups is 1. The smallest absolute Gasteiger partial charge is 0.275 e. The van der Waals surface area contributed by atoms with Crippen molar-refractivity contribution in [2.45, 2.75) is 6.61 Å². The molecule has 0 saturated heterocycles. The predicted octanol–water partition coefficient (Wildman–Crippen LogP) is 5.03. The van der Waals surface area contributed by atoms with Crippen LogP contribution in [-0.2, 0) is 6.61 Å². The largest absolute Gasteiger partial charge is 0.507 e. The molecule has 0 spiro atoms. The lowest BCUT2D eigenvalue weighted by Gasteiger charge is -2.09. The monoisotopic (exact) mass is 414 g/mol. The van der Waals surface area contributed by atoms with Crippen molar-refractivity contribution in [2.24, 2.45) is 5.10 Å². The van der Waals surface area contributed by atoms with Gasteiger partial charge in [0.2, 0.25) is 0 Å². The summed E-state index contributed by atoms with van der Waals surface area (Å²) in [6.45, 7) is 0.266.